The molecular weight excluding hydrogens is 553 g/mol. The highest BCUT2D eigenvalue weighted by molar-refractivity contribution is 8.00. The Morgan fingerprint density at radius 3 is 2.11 bits per heavy atom. The van der Waals surface area contributed by atoms with Crippen molar-refractivity contribution < 1.29 is 0 Å². The number of hydrogen-bond donors (Lipinski definition) is 0. The lowest BCUT2D eigenvalue weighted by molar-refractivity contribution is 0.807. The van der Waals surface area contributed by atoms with Gasteiger partial charge < -0.3 is 9.13 Å². The van der Waals surface area contributed by atoms with Gasteiger partial charge in [-0.1, -0.05) is 107 Å². The standard InChI is InChI=1S/C37H26N2S.2C2H6/c1-38-33-20-18-28-27-12-6-8-14-35(27)40-37(28)36(33)29-17-15-24(22-34(29)38)23-16-19-32-30(21-23)26-11-5-7-13-31(26)39(32)25-9-3-2-4-10-25;2*1-2/h2-22,28,37H,1H3;2*1-2H3. The van der Waals surface area contributed by atoms with Crippen molar-refractivity contribution in [3.8, 4) is 16.8 Å². The zero-order valence-electron chi connectivity index (χ0n) is 26.1. The second kappa shape index (κ2) is 11.6. The van der Waals surface area contributed by atoms with E-state index in [1.165, 1.54) is 71.2 Å². The summed E-state index contributed by atoms with van der Waals surface area (Å²) in [6.07, 6.45) is 4.77. The molecule has 9 rings (SSSR count). The minimum Gasteiger partial charge on any atom is -0.344 e. The summed E-state index contributed by atoms with van der Waals surface area (Å²) in [5.41, 5.74) is 11.8. The van der Waals surface area contributed by atoms with Gasteiger partial charge in [-0.2, -0.15) is 0 Å². The summed E-state index contributed by atoms with van der Waals surface area (Å²) in [6, 6.07) is 42.4. The van der Waals surface area contributed by atoms with Crippen LogP contribution in [0, 0.1) is 0 Å². The molecule has 0 N–H and O–H groups in total. The minimum absolute atomic E-state index is 0.437. The van der Waals surface area contributed by atoms with Crippen LogP contribution in [0.3, 0.4) is 0 Å². The molecule has 0 fully saturated rings. The third-order valence-electron chi connectivity index (χ3n) is 8.91. The Bertz CT molecular complexity index is 2160. The fraction of sp³-hybridized carbons (Fsp3) is 0.171. The summed E-state index contributed by atoms with van der Waals surface area (Å²) in [7, 11) is 2.22. The summed E-state index contributed by atoms with van der Waals surface area (Å²) in [5.74, 6) is 0.448. The lowest BCUT2D eigenvalue weighted by Crippen LogP contribution is -2.07. The van der Waals surface area contributed by atoms with Crippen molar-refractivity contribution in [3.63, 3.8) is 0 Å². The van der Waals surface area contributed by atoms with Crippen molar-refractivity contribution in [1.82, 2.24) is 9.13 Å². The van der Waals surface area contributed by atoms with E-state index in [-0.39, 0.29) is 0 Å². The zero-order chi connectivity index (χ0) is 30.4. The maximum absolute atomic E-state index is 2.42. The minimum atomic E-state index is 0.437. The van der Waals surface area contributed by atoms with Crippen molar-refractivity contribution in [2.24, 2.45) is 7.05 Å². The molecule has 2 atom stereocenters. The lowest BCUT2D eigenvalue weighted by atomic mass is 9.86. The number of hydrogen-bond acceptors (Lipinski definition) is 1. The molecule has 2 aliphatic rings. The van der Waals surface area contributed by atoms with Crippen molar-refractivity contribution in [2.45, 2.75) is 43.8 Å². The largest absolute Gasteiger partial charge is 0.344 e. The van der Waals surface area contributed by atoms with Gasteiger partial charge in [0.25, 0.3) is 0 Å². The van der Waals surface area contributed by atoms with E-state index in [9.17, 15) is 0 Å². The molecule has 0 bridgehead atoms. The van der Waals surface area contributed by atoms with Gasteiger partial charge in [0.15, 0.2) is 0 Å². The predicted octanol–water partition coefficient (Wildman–Crippen LogP) is 12.0. The number of fused-ring (bicyclic) bond motifs is 10. The summed E-state index contributed by atoms with van der Waals surface area (Å²) in [6.45, 7) is 8.00. The van der Waals surface area contributed by atoms with E-state index >= 15 is 0 Å². The number of para-hydroxylation sites is 2. The van der Waals surface area contributed by atoms with Crippen LogP contribution in [0.1, 0.15) is 55.7 Å². The van der Waals surface area contributed by atoms with Gasteiger partial charge >= 0.3 is 0 Å². The molecule has 0 radical (unpaired) electrons. The van der Waals surface area contributed by atoms with E-state index in [4.69, 9.17) is 0 Å². The Morgan fingerprint density at radius 2 is 1.27 bits per heavy atom. The first kappa shape index (κ1) is 28.3. The summed E-state index contributed by atoms with van der Waals surface area (Å²) < 4.78 is 4.77. The molecule has 3 heteroatoms. The van der Waals surface area contributed by atoms with Crippen molar-refractivity contribution in [3.05, 3.63) is 138 Å². The summed E-state index contributed by atoms with van der Waals surface area (Å²) in [5, 5.41) is 4.39. The van der Waals surface area contributed by atoms with E-state index < -0.39 is 0 Å². The maximum atomic E-state index is 2.42. The van der Waals surface area contributed by atoms with Crippen LogP contribution in [0.2, 0.25) is 0 Å². The van der Waals surface area contributed by atoms with Crippen LogP contribution in [-0.2, 0) is 7.05 Å². The number of rotatable bonds is 2. The predicted molar refractivity (Wildman–Crippen MR) is 192 cm³/mol. The molecule has 1 aliphatic heterocycles. The van der Waals surface area contributed by atoms with Gasteiger partial charge in [0.1, 0.15) is 0 Å². The van der Waals surface area contributed by atoms with E-state index in [1.807, 2.05) is 39.5 Å². The van der Waals surface area contributed by atoms with Gasteiger partial charge in [-0.05, 0) is 70.8 Å². The third kappa shape index (κ3) is 4.25. The molecule has 0 saturated carbocycles. The van der Waals surface area contributed by atoms with Crippen LogP contribution >= 0.6 is 11.8 Å². The first-order valence-electron chi connectivity index (χ1n) is 15.9. The second-order valence-electron chi connectivity index (χ2n) is 11.0. The Hall–Kier alpha value is -4.47. The smallest absolute Gasteiger partial charge is 0.0541 e. The zero-order valence-corrected chi connectivity index (χ0v) is 26.9. The average Bonchev–Trinajstić information content (AvgIpc) is 3.74. The van der Waals surface area contributed by atoms with Gasteiger partial charge in [0.2, 0.25) is 0 Å². The topological polar surface area (TPSA) is 9.86 Å². The van der Waals surface area contributed by atoms with Crippen molar-refractivity contribution >= 4 is 50.5 Å². The molecule has 3 heterocycles. The van der Waals surface area contributed by atoms with Crippen molar-refractivity contribution in [2.75, 3.05) is 0 Å². The fourth-order valence-corrected chi connectivity index (χ4v) is 8.57. The first-order chi connectivity index (χ1) is 21.8. The van der Waals surface area contributed by atoms with Gasteiger partial charge in [-0.15, -0.1) is 11.8 Å². The van der Waals surface area contributed by atoms with Crippen LogP contribution < -0.4 is 0 Å². The number of benzene rings is 5. The SMILES string of the molecule is CC.CC.Cn1c2c(c3ccc(-c4ccc5c(c4)c4ccccc4n5-c4ccccc4)cc31)C1Sc3ccccc3C1C=C2. The molecule has 7 aromatic rings. The second-order valence-corrected chi connectivity index (χ2v) is 12.2. The molecule has 0 saturated heterocycles. The Kier molecular flexibility index (Phi) is 7.43. The molecule has 0 amide bonds. The van der Waals surface area contributed by atoms with Crippen LogP contribution in [-0.4, -0.2) is 9.13 Å². The average molecular weight is 591 g/mol. The third-order valence-corrected chi connectivity index (χ3v) is 10.3. The number of thioether (sulfide) groups is 1. The van der Waals surface area contributed by atoms with Crippen LogP contribution in [0.5, 0.6) is 0 Å². The Labute approximate surface area is 264 Å². The monoisotopic (exact) mass is 590 g/mol. The van der Waals surface area contributed by atoms with Crippen LogP contribution in [0.4, 0.5) is 0 Å². The highest BCUT2D eigenvalue weighted by Crippen LogP contribution is 2.59. The Morgan fingerprint density at radius 1 is 0.591 bits per heavy atom. The number of allylic oxidation sites excluding steroid dienone is 1. The van der Waals surface area contributed by atoms with Crippen molar-refractivity contribution in [1.29, 1.82) is 0 Å². The number of nitrogens with zero attached hydrogens (tertiary/aromatic N) is 2. The maximum Gasteiger partial charge on any atom is 0.0541 e. The highest BCUT2D eigenvalue weighted by Gasteiger charge is 2.38. The van der Waals surface area contributed by atoms with E-state index in [0.717, 1.165) is 0 Å². The Balaban J connectivity index is 0.000000753. The molecule has 0 spiro atoms. The highest BCUT2D eigenvalue weighted by atomic mass is 32.2. The lowest BCUT2D eigenvalue weighted by Gasteiger charge is -2.21. The molecule has 44 heavy (non-hydrogen) atoms. The molecule has 2 aromatic heterocycles. The molecule has 1 aliphatic carbocycles. The fourth-order valence-electron chi connectivity index (χ4n) is 7.05. The number of aryl methyl sites for hydroxylation is 1. The molecule has 2 nitrogen and oxygen atoms in total. The van der Waals surface area contributed by atoms with Gasteiger partial charge in [0.05, 0.1) is 11.0 Å². The quantitative estimate of drug-likeness (QED) is 0.195. The molecular formula is C41H38N2S. The van der Waals surface area contributed by atoms with Crippen LogP contribution in [0.25, 0.3) is 55.6 Å². The first-order valence-corrected chi connectivity index (χ1v) is 16.8. The molecule has 5 aromatic carbocycles. The van der Waals surface area contributed by atoms with E-state index in [0.29, 0.717) is 11.2 Å². The molecule has 2 unspecified atom stereocenters. The normalized spacial score (nSPS) is 16.1. The van der Waals surface area contributed by atoms with E-state index in [1.54, 1.807) is 0 Å². The molecule has 218 valence electrons. The van der Waals surface area contributed by atoms with E-state index in [2.05, 4.69) is 144 Å². The van der Waals surface area contributed by atoms with Crippen LogP contribution in [0.15, 0.2) is 126 Å². The summed E-state index contributed by atoms with van der Waals surface area (Å²) in [4.78, 5) is 1.42. The van der Waals surface area contributed by atoms with Gasteiger partial charge in [-0.25, -0.2) is 0 Å². The van der Waals surface area contributed by atoms with Gasteiger partial charge in [-0.3, -0.25) is 0 Å². The number of aromatic nitrogens is 2. The summed E-state index contributed by atoms with van der Waals surface area (Å²) >= 11 is 2.03. The van der Waals surface area contributed by atoms with Gasteiger partial charge in [0, 0.05) is 56.2 Å².